The molecule has 0 saturated heterocycles. The van der Waals surface area contributed by atoms with Gasteiger partial charge in [0.15, 0.2) is 5.16 Å². The molecule has 1 N–H and O–H groups in total. The molecule has 0 atom stereocenters. The summed E-state index contributed by atoms with van der Waals surface area (Å²) in [5.74, 6) is -1.05. The highest BCUT2D eigenvalue weighted by molar-refractivity contribution is 7.99. The summed E-state index contributed by atoms with van der Waals surface area (Å²) in [5, 5.41) is 13.2. The standard InChI is InChI=1S/C12H14N4O3S/c17-10-3-8-15(12(14-10)20-9-11(18)19)5-2-7-16-6-1-4-13-16/h1,3-4,6,8H,2,5,7,9H2,(H,18,19). The third-order valence-electron chi connectivity index (χ3n) is 2.52. The van der Waals surface area contributed by atoms with Gasteiger partial charge in [0.25, 0.3) is 5.56 Å². The quantitative estimate of drug-likeness (QED) is 0.597. The van der Waals surface area contributed by atoms with Gasteiger partial charge in [-0.15, -0.1) is 0 Å². The van der Waals surface area contributed by atoms with Crippen molar-refractivity contribution in [2.24, 2.45) is 0 Å². The topological polar surface area (TPSA) is 90.0 Å². The highest BCUT2D eigenvalue weighted by Crippen LogP contribution is 2.13. The van der Waals surface area contributed by atoms with E-state index in [4.69, 9.17) is 5.11 Å². The first-order chi connectivity index (χ1) is 9.65. The molecule has 2 aromatic heterocycles. The Morgan fingerprint density at radius 3 is 2.90 bits per heavy atom. The van der Waals surface area contributed by atoms with E-state index in [2.05, 4.69) is 10.1 Å². The minimum atomic E-state index is -0.934. The Kier molecular flexibility index (Phi) is 4.94. The van der Waals surface area contributed by atoms with Crippen molar-refractivity contribution < 1.29 is 9.90 Å². The average molecular weight is 294 g/mol. The number of aryl methyl sites for hydroxylation is 2. The number of carboxylic acids is 1. The first-order valence-corrected chi connectivity index (χ1v) is 7.03. The fourth-order valence-electron chi connectivity index (χ4n) is 1.66. The van der Waals surface area contributed by atoms with Crippen LogP contribution in [0.4, 0.5) is 0 Å². The Labute approximate surface area is 119 Å². The molecule has 0 saturated carbocycles. The van der Waals surface area contributed by atoms with Crippen LogP contribution < -0.4 is 5.56 Å². The second-order valence-corrected chi connectivity index (χ2v) is 4.99. The van der Waals surface area contributed by atoms with Crippen molar-refractivity contribution in [3.63, 3.8) is 0 Å². The van der Waals surface area contributed by atoms with E-state index >= 15 is 0 Å². The lowest BCUT2D eigenvalue weighted by atomic mass is 10.4. The molecular weight excluding hydrogens is 280 g/mol. The number of carboxylic acid groups (broad SMARTS) is 1. The Hall–Kier alpha value is -2.09. The average Bonchev–Trinajstić information content (AvgIpc) is 2.91. The fraction of sp³-hybridized carbons (Fsp3) is 0.333. The molecule has 2 rings (SSSR count). The van der Waals surface area contributed by atoms with Crippen molar-refractivity contribution >= 4 is 17.7 Å². The molecule has 0 radical (unpaired) electrons. The van der Waals surface area contributed by atoms with Crippen molar-refractivity contribution in [3.8, 4) is 0 Å². The van der Waals surface area contributed by atoms with Crippen molar-refractivity contribution in [3.05, 3.63) is 41.1 Å². The Balaban J connectivity index is 1.98. The third-order valence-corrected chi connectivity index (χ3v) is 3.49. The van der Waals surface area contributed by atoms with Gasteiger partial charge in [-0.2, -0.15) is 10.1 Å². The third kappa shape index (κ3) is 4.23. The summed E-state index contributed by atoms with van der Waals surface area (Å²) in [4.78, 5) is 25.7. The van der Waals surface area contributed by atoms with Gasteiger partial charge in [-0.3, -0.25) is 14.3 Å². The van der Waals surface area contributed by atoms with E-state index in [9.17, 15) is 9.59 Å². The van der Waals surface area contributed by atoms with Gasteiger partial charge in [0.05, 0.1) is 5.75 Å². The summed E-state index contributed by atoms with van der Waals surface area (Å²) in [6.45, 7) is 1.40. The Morgan fingerprint density at radius 1 is 1.35 bits per heavy atom. The molecule has 0 aliphatic rings. The number of hydrogen-bond donors (Lipinski definition) is 1. The first kappa shape index (κ1) is 14.3. The SMILES string of the molecule is O=C(O)CSc1nc(=O)ccn1CCCn1cccn1. The molecule has 0 spiro atoms. The molecule has 106 valence electrons. The molecule has 8 heteroatoms. The second-order valence-electron chi connectivity index (χ2n) is 4.05. The van der Waals surface area contributed by atoms with Crippen LogP contribution in [0.15, 0.2) is 40.7 Å². The summed E-state index contributed by atoms with van der Waals surface area (Å²) in [6.07, 6.45) is 6.05. The molecule has 0 fully saturated rings. The van der Waals surface area contributed by atoms with E-state index in [-0.39, 0.29) is 11.3 Å². The van der Waals surface area contributed by atoms with Crippen molar-refractivity contribution in [2.45, 2.75) is 24.7 Å². The predicted molar refractivity (Wildman–Crippen MR) is 73.7 cm³/mol. The summed E-state index contributed by atoms with van der Waals surface area (Å²) >= 11 is 1.05. The summed E-state index contributed by atoms with van der Waals surface area (Å²) in [6, 6.07) is 3.23. The number of carbonyl (C=O) groups is 1. The van der Waals surface area contributed by atoms with E-state index in [1.165, 1.54) is 6.07 Å². The number of aromatic nitrogens is 4. The number of aliphatic carboxylic acids is 1. The lowest BCUT2D eigenvalue weighted by molar-refractivity contribution is -0.133. The Morgan fingerprint density at radius 2 is 2.20 bits per heavy atom. The minimum Gasteiger partial charge on any atom is -0.481 e. The molecule has 0 bridgehead atoms. The van der Waals surface area contributed by atoms with Gasteiger partial charge in [-0.1, -0.05) is 11.8 Å². The molecule has 2 aromatic rings. The Bertz CT molecular complexity index is 624. The maximum Gasteiger partial charge on any atom is 0.313 e. The maximum atomic E-state index is 11.2. The monoisotopic (exact) mass is 294 g/mol. The summed E-state index contributed by atoms with van der Waals surface area (Å²) in [5.41, 5.74) is -0.360. The van der Waals surface area contributed by atoms with Crippen molar-refractivity contribution in [1.29, 1.82) is 0 Å². The minimum absolute atomic E-state index is 0.115. The van der Waals surface area contributed by atoms with Crippen LogP contribution in [-0.4, -0.2) is 36.2 Å². The highest BCUT2D eigenvalue weighted by atomic mass is 32.2. The number of rotatable bonds is 7. The molecule has 0 aliphatic carbocycles. The van der Waals surface area contributed by atoms with Gasteiger partial charge in [-0.25, -0.2) is 0 Å². The van der Waals surface area contributed by atoms with E-state index in [1.54, 1.807) is 17.0 Å². The van der Waals surface area contributed by atoms with Crippen LogP contribution in [0, 0.1) is 0 Å². The predicted octanol–water partition coefficient (Wildman–Crippen LogP) is 0.707. The van der Waals surface area contributed by atoms with E-state index in [0.717, 1.165) is 24.7 Å². The lowest BCUT2D eigenvalue weighted by Crippen LogP contribution is -2.15. The van der Waals surface area contributed by atoms with Crippen LogP contribution in [0.2, 0.25) is 0 Å². The molecule has 0 aliphatic heterocycles. The summed E-state index contributed by atoms with van der Waals surface area (Å²) < 4.78 is 3.61. The molecular formula is C12H14N4O3S. The normalized spacial score (nSPS) is 10.6. The first-order valence-electron chi connectivity index (χ1n) is 6.04. The fourth-order valence-corrected chi connectivity index (χ4v) is 2.39. The van der Waals surface area contributed by atoms with Gasteiger partial charge in [0.1, 0.15) is 0 Å². The van der Waals surface area contributed by atoms with Gasteiger partial charge < -0.3 is 9.67 Å². The molecule has 7 nitrogen and oxygen atoms in total. The van der Waals surface area contributed by atoms with Gasteiger partial charge in [0, 0.05) is 37.7 Å². The number of nitrogens with zero attached hydrogens (tertiary/aromatic N) is 4. The van der Waals surface area contributed by atoms with Crippen LogP contribution in [0.3, 0.4) is 0 Å². The molecule has 20 heavy (non-hydrogen) atoms. The summed E-state index contributed by atoms with van der Waals surface area (Å²) in [7, 11) is 0. The number of thioether (sulfide) groups is 1. The van der Waals surface area contributed by atoms with Crippen LogP contribution in [-0.2, 0) is 17.9 Å². The second kappa shape index (κ2) is 6.90. The van der Waals surface area contributed by atoms with E-state index in [1.807, 2.05) is 16.9 Å². The van der Waals surface area contributed by atoms with E-state index in [0.29, 0.717) is 11.7 Å². The number of hydrogen-bond acceptors (Lipinski definition) is 5. The zero-order chi connectivity index (χ0) is 14.4. The molecule has 0 unspecified atom stereocenters. The largest absolute Gasteiger partial charge is 0.481 e. The van der Waals surface area contributed by atoms with Crippen LogP contribution >= 0.6 is 11.8 Å². The van der Waals surface area contributed by atoms with Crippen LogP contribution in [0.5, 0.6) is 0 Å². The maximum absolute atomic E-state index is 11.2. The van der Waals surface area contributed by atoms with Crippen molar-refractivity contribution in [2.75, 3.05) is 5.75 Å². The van der Waals surface area contributed by atoms with Crippen LogP contribution in [0.25, 0.3) is 0 Å². The van der Waals surface area contributed by atoms with Crippen molar-refractivity contribution in [1.82, 2.24) is 19.3 Å². The van der Waals surface area contributed by atoms with Gasteiger partial charge in [-0.05, 0) is 12.5 Å². The van der Waals surface area contributed by atoms with Gasteiger partial charge >= 0.3 is 5.97 Å². The molecule has 2 heterocycles. The zero-order valence-corrected chi connectivity index (χ0v) is 11.5. The molecule has 0 aromatic carbocycles. The zero-order valence-electron chi connectivity index (χ0n) is 10.7. The lowest BCUT2D eigenvalue weighted by Gasteiger charge is -2.10. The highest BCUT2D eigenvalue weighted by Gasteiger charge is 2.06. The van der Waals surface area contributed by atoms with Gasteiger partial charge in [0.2, 0.25) is 0 Å². The van der Waals surface area contributed by atoms with Crippen LogP contribution in [0.1, 0.15) is 6.42 Å². The smallest absolute Gasteiger partial charge is 0.313 e. The van der Waals surface area contributed by atoms with E-state index < -0.39 is 5.97 Å². The molecule has 0 amide bonds.